The zero-order valence-corrected chi connectivity index (χ0v) is 23.7. The largest absolute Gasteiger partial charge is 0.340 e. The van der Waals surface area contributed by atoms with E-state index in [1.807, 2.05) is 0 Å². The molecule has 2 atom stereocenters. The third kappa shape index (κ3) is 7.73. The van der Waals surface area contributed by atoms with Gasteiger partial charge in [0.25, 0.3) is 0 Å². The molecule has 0 saturated carbocycles. The fraction of sp³-hybridized carbons (Fsp3) is 0.750. The third-order valence-corrected chi connectivity index (χ3v) is 10.2. The number of nitrogens with zero attached hydrogens (tertiary/aromatic N) is 3. The Morgan fingerprint density at radius 2 is 1.71 bits per heavy atom. The van der Waals surface area contributed by atoms with Crippen LogP contribution < -0.4 is 5.32 Å². The highest BCUT2D eigenvalue weighted by atomic mass is 32.2. The summed E-state index contributed by atoms with van der Waals surface area (Å²) in [6.45, 7) is 7.29. The molecular formula is C28H44F2N4O3S. The number of benzene rings is 1. The van der Waals surface area contributed by atoms with Gasteiger partial charge < -0.3 is 15.1 Å². The molecule has 0 bridgehead atoms. The molecule has 1 unspecified atom stereocenters. The second-order valence-electron chi connectivity index (χ2n) is 11.3. The summed E-state index contributed by atoms with van der Waals surface area (Å²) in [4.78, 5) is 17.4. The second-order valence-corrected chi connectivity index (χ2v) is 13.3. The molecule has 3 aliphatic rings. The standard InChI is InChI=1S/C28H44F2N4O3S/c1-3-34(28(35)20-25-5-4-11-31-25)26-8-12-32(13-9-26)14-10-27(22-17-23(29)19-24(30)18-22)21-6-15-33(16-7-21)38(2,36)37/h17-19,21,25-27,31H,3-16,20H2,1-2H3/t25?,27-/m1/s1. The SMILES string of the molecule is CCN(C(=O)CC1CCCN1)C1CCN(CC[C@@H](c2cc(F)cc(F)c2)C2CCN(S(C)(=O)=O)CC2)CC1. The smallest absolute Gasteiger partial charge is 0.224 e. The first-order valence-corrected chi connectivity index (χ1v) is 16.1. The molecule has 214 valence electrons. The Labute approximate surface area is 227 Å². The van der Waals surface area contributed by atoms with Gasteiger partial charge in [0.1, 0.15) is 11.6 Å². The van der Waals surface area contributed by atoms with E-state index >= 15 is 0 Å². The molecular weight excluding hydrogens is 510 g/mol. The Balaban J connectivity index is 1.34. The van der Waals surface area contributed by atoms with Crippen LogP contribution in [0.4, 0.5) is 8.78 Å². The van der Waals surface area contributed by atoms with Gasteiger partial charge >= 0.3 is 0 Å². The lowest BCUT2D eigenvalue weighted by atomic mass is 9.78. The summed E-state index contributed by atoms with van der Waals surface area (Å²) in [5, 5.41) is 3.43. The van der Waals surface area contributed by atoms with Crippen molar-refractivity contribution in [1.29, 1.82) is 0 Å². The highest BCUT2D eigenvalue weighted by Crippen LogP contribution is 2.37. The van der Waals surface area contributed by atoms with Crippen LogP contribution in [-0.4, -0.2) is 92.6 Å². The van der Waals surface area contributed by atoms with Crippen LogP contribution >= 0.6 is 0 Å². The zero-order chi connectivity index (χ0) is 27.3. The predicted octanol–water partition coefficient (Wildman–Crippen LogP) is 3.57. The van der Waals surface area contributed by atoms with E-state index < -0.39 is 21.7 Å². The summed E-state index contributed by atoms with van der Waals surface area (Å²) in [5.74, 6) is -0.761. The zero-order valence-electron chi connectivity index (χ0n) is 22.9. The van der Waals surface area contributed by atoms with Gasteiger partial charge in [-0.15, -0.1) is 0 Å². The molecule has 1 aromatic rings. The topological polar surface area (TPSA) is 73.0 Å². The molecule has 4 rings (SSSR count). The van der Waals surface area contributed by atoms with Crippen molar-refractivity contribution in [2.75, 3.05) is 52.1 Å². The molecule has 3 saturated heterocycles. The van der Waals surface area contributed by atoms with Gasteiger partial charge in [0.15, 0.2) is 0 Å². The Bertz CT molecular complexity index is 1010. The summed E-state index contributed by atoms with van der Waals surface area (Å²) in [5.41, 5.74) is 0.665. The molecule has 1 amide bonds. The lowest BCUT2D eigenvalue weighted by molar-refractivity contribution is -0.134. The minimum absolute atomic E-state index is 0.0349. The number of piperidine rings is 2. The van der Waals surface area contributed by atoms with Gasteiger partial charge in [-0.25, -0.2) is 21.5 Å². The van der Waals surface area contributed by atoms with Crippen molar-refractivity contribution < 1.29 is 22.0 Å². The summed E-state index contributed by atoms with van der Waals surface area (Å²) in [6.07, 6.45) is 8.03. The highest BCUT2D eigenvalue weighted by Gasteiger charge is 2.33. The number of rotatable bonds is 10. The predicted molar refractivity (Wildman–Crippen MR) is 145 cm³/mol. The van der Waals surface area contributed by atoms with Gasteiger partial charge in [0.05, 0.1) is 6.26 Å². The van der Waals surface area contributed by atoms with E-state index in [1.165, 1.54) is 22.7 Å². The van der Waals surface area contributed by atoms with Crippen molar-refractivity contribution in [3.63, 3.8) is 0 Å². The summed E-state index contributed by atoms with van der Waals surface area (Å²) in [6, 6.07) is 4.35. The molecule has 3 heterocycles. The maximum Gasteiger partial charge on any atom is 0.224 e. The molecule has 0 aliphatic carbocycles. The molecule has 38 heavy (non-hydrogen) atoms. The van der Waals surface area contributed by atoms with Crippen LogP contribution in [0, 0.1) is 17.6 Å². The quantitative estimate of drug-likeness (QED) is 0.479. The number of hydrogen-bond acceptors (Lipinski definition) is 5. The fourth-order valence-electron chi connectivity index (χ4n) is 6.75. The number of carbonyl (C=O) groups excluding carboxylic acids is 1. The maximum atomic E-state index is 14.1. The van der Waals surface area contributed by atoms with E-state index in [-0.39, 0.29) is 23.8 Å². The summed E-state index contributed by atoms with van der Waals surface area (Å²) in [7, 11) is -3.24. The van der Waals surface area contributed by atoms with Gasteiger partial charge in [-0.3, -0.25) is 4.79 Å². The first-order chi connectivity index (χ1) is 18.1. The Morgan fingerprint density at radius 1 is 1.05 bits per heavy atom. The Morgan fingerprint density at radius 3 is 2.26 bits per heavy atom. The van der Waals surface area contributed by atoms with Crippen molar-refractivity contribution in [2.45, 2.75) is 76.3 Å². The Kier molecular flexibility index (Phi) is 10.2. The molecule has 7 nitrogen and oxygen atoms in total. The molecule has 3 fully saturated rings. The van der Waals surface area contributed by atoms with E-state index in [0.717, 1.165) is 70.9 Å². The van der Waals surface area contributed by atoms with Crippen LogP contribution in [0.5, 0.6) is 0 Å². The summed E-state index contributed by atoms with van der Waals surface area (Å²) >= 11 is 0. The number of sulfonamides is 1. The first kappa shape index (κ1) is 29.4. The monoisotopic (exact) mass is 554 g/mol. The molecule has 0 spiro atoms. The van der Waals surface area contributed by atoms with E-state index in [9.17, 15) is 22.0 Å². The van der Waals surface area contributed by atoms with Crippen LogP contribution in [-0.2, 0) is 14.8 Å². The van der Waals surface area contributed by atoms with Gasteiger partial charge in [-0.05, 0) is 94.5 Å². The average molecular weight is 555 g/mol. The number of carbonyl (C=O) groups is 1. The van der Waals surface area contributed by atoms with Crippen molar-refractivity contribution in [2.24, 2.45) is 5.92 Å². The number of hydrogen-bond donors (Lipinski definition) is 1. The van der Waals surface area contributed by atoms with E-state index in [0.29, 0.717) is 44.0 Å². The van der Waals surface area contributed by atoms with E-state index in [2.05, 4.69) is 22.0 Å². The first-order valence-electron chi connectivity index (χ1n) is 14.3. The molecule has 0 radical (unpaired) electrons. The molecule has 10 heteroatoms. The van der Waals surface area contributed by atoms with Crippen LogP contribution in [0.2, 0.25) is 0 Å². The van der Waals surface area contributed by atoms with Gasteiger partial charge in [-0.2, -0.15) is 0 Å². The van der Waals surface area contributed by atoms with Crippen molar-refractivity contribution in [3.8, 4) is 0 Å². The summed E-state index contributed by atoms with van der Waals surface area (Å²) < 4.78 is 53.7. The van der Waals surface area contributed by atoms with Gasteiger partial charge in [-0.1, -0.05) is 0 Å². The molecule has 0 aromatic heterocycles. The molecule has 3 aliphatic heterocycles. The molecule has 1 aromatic carbocycles. The Hall–Kier alpha value is -1.62. The van der Waals surface area contributed by atoms with E-state index in [1.54, 1.807) is 0 Å². The van der Waals surface area contributed by atoms with E-state index in [4.69, 9.17) is 0 Å². The minimum Gasteiger partial charge on any atom is -0.340 e. The number of likely N-dealkylation sites (tertiary alicyclic amines) is 1. The normalized spacial score (nSPS) is 23.5. The van der Waals surface area contributed by atoms with Crippen molar-refractivity contribution in [3.05, 3.63) is 35.4 Å². The highest BCUT2D eigenvalue weighted by molar-refractivity contribution is 7.88. The number of nitrogens with one attached hydrogen (secondary N) is 1. The average Bonchev–Trinajstić information content (AvgIpc) is 3.38. The minimum atomic E-state index is -3.24. The van der Waals surface area contributed by atoms with Crippen LogP contribution in [0.1, 0.15) is 69.8 Å². The van der Waals surface area contributed by atoms with Crippen LogP contribution in [0.25, 0.3) is 0 Å². The molecule has 1 N–H and O–H groups in total. The number of halogens is 2. The van der Waals surface area contributed by atoms with Crippen molar-refractivity contribution in [1.82, 2.24) is 19.4 Å². The second kappa shape index (κ2) is 13.2. The van der Waals surface area contributed by atoms with Crippen LogP contribution in [0.3, 0.4) is 0 Å². The maximum absolute atomic E-state index is 14.1. The van der Waals surface area contributed by atoms with Gasteiger partial charge in [0, 0.05) is 57.3 Å². The van der Waals surface area contributed by atoms with Gasteiger partial charge in [0.2, 0.25) is 15.9 Å². The lowest BCUT2D eigenvalue weighted by Crippen LogP contribution is -2.48. The van der Waals surface area contributed by atoms with Crippen LogP contribution in [0.15, 0.2) is 18.2 Å². The number of amides is 1. The van der Waals surface area contributed by atoms with Crippen molar-refractivity contribution >= 4 is 15.9 Å². The fourth-order valence-corrected chi connectivity index (χ4v) is 7.62. The third-order valence-electron chi connectivity index (χ3n) is 8.85. The lowest BCUT2D eigenvalue weighted by Gasteiger charge is -2.40.